The van der Waals surface area contributed by atoms with Crippen LogP contribution in [0.4, 0.5) is 0 Å². The Labute approximate surface area is 72.3 Å². The minimum Gasteiger partial charge on any atom is -0.478 e. The van der Waals surface area contributed by atoms with Gasteiger partial charge in [0, 0.05) is 6.08 Å². The topological polar surface area (TPSA) is 37.3 Å². The van der Waals surface area contributed by atoms with Crippen molar-refractivity contribution in [3.63, 3.8) is 0 Å². The summed E-state index contributed by atoms with van der Waals surface area (Å²) in [5, 5.41) is 8.64. The van der Waals surface area contributed by atoms with Gasteiger partial charge in [-0.25, -0.2) is 4.79 Å². The molecule has 2 bridgehead atoms. The number of carboxylic acid groups (broad SMARTS) is 1. The monoisotopic (exact) mass is 166 g/mol. The summed E-state index contributed by atoms with van der Waals surface area (Å²) in [4.78, 5) is 10.5. The number of fused-ring (bicyclic) bond motifs is 2. The van der Waals surface area contributed by atoms with E-state index in [9.17, 15) is 4.79 Å². The van der Waals surface area contributed by atoms with Gasteiger partial charge in [-0.3, -0.25) is 0 Å². The second-order valence-corrected chi connectivity index (χ2v) is 4.04. The predicted octanol–water partition coefficient (Wildman–Crippen LogP) is 2.06. The minimum absolute atomic E-state index is 0.528. The van der Waals surface area contributed by atoms with E-state index in [2.05, 4.69) is 6.92 Å². The molecular weight excluding hydrogens is 152 g/mol. The fourth-order valence-electron chi connectivity index (χ4n) is 2.81. The summed E-state index contributed by atoms with van der Waals surface area (Å²) in [6, 6.07) is 0. The van der Waals surface area contributed by atoms with E-state index < -0.39 is 5.97 Å². The van der Waals surface area contributed by atoms with Gasteiger partial charge >= 0.3 is 5.97 Å². The Hall–Kier alpha value is -0.790. The van der Waals surface area contributed by atoms with Gasteiger partial charge in [-0.05, 0) is 37.0 Å². The van der Waals surface area contributed by atoms with Crippen molar-refractivity contribution in [3.8, 4) is 0 Å². The molecule has 0 saturated heterocycles. The molecule has 66 valence electrons. The molecule has 0 heterocycles. The van der Waals surface area contributed by atoms with Gasteiger partial charge in [0.05, 0.1) is 0 Å². The van der Waals surface area contributed by atoms with Gasteiger partial charge in [0.1, 0.15) is 0 Å². The fraction of sp³-hybridized carbons (Fsp3) is 0.700. The van der Waals surface area contributed by atoms with Crippen LogP contribution in [0.2, 0.25) is 0 Å². The second kappa shape index (κ2) is 2.61. The van der Waals surface area contributed by atoms with E-state index in [1.165, 1.54) is 30.9 Å². The normalized spacial score (nSPS) is 42.4. The van der Waals surface area contributed by atoms with Crippen molar-refractivity contribution >= 4 is 5.97 Å². The lowest BCUT2D eigenvalue weighted by molar-refractivity contribution is -0.131. The van der Waals surface area contributed by atoms with Gasteiger partial charge in [0.25, 0.3) is 0 Å². The Morgan fingerprint density at radius 1 is 1.58 bits per heavy atom. The van der Waals surface area contributed by atoms with Gasteiger partial charge in [0.2, 0.25) is 0 Å². The first-order chi connectivity index (χ1) is 5.68. The van der Waals surface area contributed by atoms with E-state index >= 15 is 0 Å². The molecule has 3 atom stereocenters. The molecule has 2 saturated carbocycles. The Kier molecular flexibility index (Phi) is 1.71. The van der Waals surface area contributed by atoms with Crippen LogP contribution < -0.4 is 0 Å². The fourth-order valence-corrected chi connectivity index (χ4v) is 2.81. The number of rotatable bonds is 1. The van der Waals surface area contributed by atoms with Crippen molar-refractivity contribution in [2.24, 2.45) is 17.8 Å². The highest BCUT2D eigenvalue weighted by Crippen LogP contribution is 2.51. The zero-order chi connectivity index (χ0) is 8.72. The zero-order valence-corrected chi connectivity index (χ0v) is 7.29. The van der Waals surface area contributed by atoms with E-state index in [-0.39, 0.29) is 0 Å². The molecule has 3 unspecified atom stereocenters. The summed E-state index contributed by atoms with van der Waals surface area (Å²) in [5.74, 6) is 1.13. The van der Waals surface area contributed by atoms with Crippen LogP contribution in [0.5, 0.6) is 0 Å². The highest BCUT2D eigenvalue weighted by atomic mass is 16.4. The average Bonchev–Trinajstić information content (AvgIpc) is 2.53. The molecule has 0 aromatic heterocycles. The van der Waals surface area contributed by atoms with Crippen LogP contribution in [0, 0.1) is 17.8 Å². The molecule has 2 nitrogen and oxygen atoms in total. The maximum Gasteiger partial charge on any atom is 0.328 e. The summed E-state index contributed by atoms with van der Waals surface area (Å²) >= 11 is 0. The van der Waals surface area contributed by atoms with E-state index in [1.54, 1.807) is 0 Å². The third kappa shape index (κ3) is 1.06. The maximum absolute atomic E-state index is 10.5. The number of allylic oxidation sites excluding steroid dienone is 1. The van der Waals surface area contributed by atoms with Crippen LogP contribution in [0.25, 0.3) is 0 Å². The smallest absolute Gasteiger partial charge is 0.328 e. The standard InChI is InChI=1S/C10H14O2/c1-6-7-2-3-8(4-7)9(6)5-10(11)12/h5-8H,2-4H2,1H3,(H,11,12). The average molecular weight is 166 g/mol. The number of aliphatic carboxylic acids is 1. The Balaban J connectivity index is 2.22. The molecule has 12 heavy (non-hydrogen) atoms. The van der Waals surface area contributed by atoms with Crippen molar-refractivity contribution < 1.29 is 9.90 Å². The molecule has 0 amide bonds. The number of carbonyl (C=O) groups is 1. The first-order valence-corrected chi connectivity index (χ1v) is 4.63. The molecule has 1 N–H and O–H groups in total. The number of hydrogen-bond acceptors (Lipinski definition) is 1. The summed E-state index contributed by atoms with van der Waals surface area (Å²) < 4.78 is 0. The lowest BCUT2D eigenvalue weighted by atomic mass is 9.85. The van der Waals surface area contributed by atoms with Crippen molar-refractivity contribution in [3.05, 3.63) is 11.6 Å². The zero-order valence-electron chi connectivity index (χ0n) is 7.29. The van der Waals surface area contributed by atoms with Crippen LogP contribution in [0.1, 0.15) is 26.2 Å². The Morgan fingerprint density at radius 2 is 2.33 bits per heavy atom. The lowest BCUT2D eigenvalue weighted by Crippen LogP contribution is -2.11. The summed E-state index contributed by atoms with van der Waals surface area (Å²) in [7, 11) is 0. The third-order valence-corrected chi connectivity index (χ3v) is 3.47. The van der Waals surface area contributed by atoms with Gasteiger partial charge in [-0.1, -0.05) is 12.5 Å². The van der Waals surface area contributed by atoms with Gasteiger partial charge in [0.15, 0.2) is 0 Å². The molecule has 2 heteroatoms. The maximum atomic E-state index is 10.5. The van der Waals surface area contributed by atoms with E-state index in [4.69, 9.17) is 5.11 Å². The summed E-state index contributed by atoms with van der Waals surface area (Å²) in [6.45, 7) is 2.17. The molecule has 0 radical (unpaired) electrons. The van der Waals surface area contributed by atoms with Gasteiger partial charge < -0.3 is 5.11 Å². The molecule has 2 fully saturated rings. The Morgan fingerprint density at radius 3 is 2.83 bits per heavy atom. The molecule has 2 aliphatic carbocycles. The van der Waals surface area contributed by atoms with Crippen molar-refractivity contribution in [2.45, 2.75) is 26.2 Å². The minimum atomic E-state index is -0.774. The number of hydrogen-bond donors (Lipinski definition) is 1. The predicted molar refractivity (Wildman–Crippen MR) is 45.7 cm³/mol. The molecular formula is C10H14O2. The van der Waals surface area contributed by atoms with Crippen molar-refractivity contribution in [1.82, 2.24) is 0 Å². The SMILES string of the molecule is CC1C(=CC(=O)O)C2CCC1C2. The van der Waals surface area contributed by atoms with Crippen molar-refractivity contribution in [2.75, 3.05) is 0 Å². The quantitative estimate of drug-likeness (QED) is 0.605. The van der Waals surface area contributed by atoms with E-state index in [0.717, 1.165) is 5.92 Å². The van der Waals surface area contributed by atoms with Crippen molar-refractivity contribution in [1.29, 1.82) is 0 Å². The molecule has 2 aliphatic rings. The molecule has 0 aromatic rings. The number of carboxylic acids is 1. The van der Waals surface area contributed by atoms with Crippen LogP contribution in [-0.4, -0.2) is 11.1 Å². The highest BCUT2D eigenvalue weighted by Gasteiger charge is 2.41. The molecule has 0 aromatic carbocycles. The van der Waals surface area contributed by atoms with Crippen LogP contribution in [0.3, 0.4) is 0 Å². The lowest BCUT2D eigenvalue weighted by Gasteiger charge is -2.20. The largest absolute Gasteiger partial charge is 0.478 e. The molecule has 0 spiro atoms. The van der Waals surface area contributed by atoms with Gasteiger partial charge in [-0.15, -0.1) is 0 Å². The Bertz CT molecular complexity index is 238. The van der Waals surface area contributed by atoms with Crippen LogP contribution >= 0.6 is 0 Å². The van der Waals surface area contributed by atoms with E-state index in [0.29, 0.717) is 11.8 Å². The highest BCUT2D eigenvalue weighted by molar-refractivity contribution is 5.81. The summed E-state index contributed by atoms with van der Waals surface area (Å²) in [5.41, 5.74) is 1.19. The first-order valence-electron chi connectivity index (χ1n) is 4.63. The van der Waals surface area contributed by atoms with E-state index in [1.807, 2.05) is 0 Å². The molecule has 2 rings (SSSR count). The van der Waals surface area contributed by atoms with Crippen LogP contribution in [0.15, 0.2) is 11.6 Å². The molecule has 0 aliphatic heterocycles. The van der Waals surface area contributed by atoms with Gasteiger partial charge in [-0.2, -0.15) is 0 Å². The third-order valence-electron chi connectivity index (χ3n) is 3.47. The van der Waals surface area contributed by atoms with Crippen LogP contribution in [-0.2, 0) is 4.79 Å². The first kappa shape index (κ1) is 7.84. The second-order valence-electron chi connectivity index (χ2n) is 4.04. The summed E-state index contributed by atoms with van der Waals surface area (Å²) in [6.07, 6.45) is 5.20.